The Labute approximate surface area is 216 Å². The number of rotatable bonds is 7. The van der Waals surface area contributed by atoms with Crippen LogP contribution in [0.2, 0.25) is 0 Å². The lowest BCUT2D eigenvalue weighted by Crippen LogP contribution is -2.35. The van der Waals surface area contributed by atoms with E-state index in [1.54, 1.807) is 37.5 Å². The van der Waals surface area contributed by atoms with Crippen LogP contribution in [0, 0.1) is 18.3 Å². The Morgan fingerprint density at radius 3 is 2.69 bits per heavy atom. The molecule has 3 heterocycles. The summed E-state index contributed by atoms with van der Waals surface area (Å²) in [5, 5.41) is 20.5. The molecule has 1 N–H and O–H groups in total. The number of methoxy groups -OCH3 is 1. The summed E-state index contributed by atoms with van der Waals surface area (Å²) in [7, 11) is 1.56. The van der Waals surface area contributed by atoms with Crippen molar-refractivity contribution in [3.05, 3.63) is 61.8 Å². The summed E-state index contributed by atoms with van der Waals surface area (Å²) >= 11 is 6.41. The van der Waals surface area contributed by atoms with E-state index in [1.165, 1.54) is 6.92 Å². The number of ketones is 1. The maximum absolute atomic E-state index is 13.3. The second-order valence-electron chi connectivity index (χ2n) is 8.33. The fourth-order valence-corrected chi connectivity index (χ4v) is 5.41. The average Bonchev–Trinajstić information content (AvgIpc) is 3.46. The Kier molecular flexibility index (Phi) is 7.59. The topological polar surface area (TPSA) is 122 Å². The first-order valence-electron chi connectivity index (χ1n) is 11.2. The Morgan fingerprint density at radius 2 is 2.08 bits per heavy atom. The first kappa shape index (κ1) is 25.6. The van der Waals surface area contributed by atoms with Gasteiger partial charge >= 0.3 is 0 Å². The van der Waals surface area contributed by atoms with Crippen LogP contribution in [-0.2, 0) is 16.1 Å². The van der Waals surface area contributed by atoms with E-state index >= 15 is 0 Å². The SMILES string of the molecule is COc1ccc(/C=C2\SC(=S)N(CC(=O)c3c(C)c(C#N)c(=O)n(CC4CCCO4)c3O)C2=O)cc1. The number of Topliss-reactive ketones (excluding diaryl/α,β-unsaturated/α-hetero) is 1. The van der Waals surface area contributed by atoms with E-state index in [0.717, 1.165) is 33.2 Å². The predicted molar refractivity (Wildman–Crippen MR) is 138 cm³/mol. The van der Waals surface area contributed by atoms with Gasteiger partial charge in [0.15, 0.2) is 5.78 Å². The maximum atomic E-state index is 13.3. The number of hydrogen-bond donors (Lipinski definition) is 1. The molecule has 186 valence electrons. The summed E-state index contributed by atoms with van der Waals surface area (Å²) in [6, 6.07) is 8.95. The van der Waals surface area contributed by atoms with E-state index < -0.39 is 29.7 Å². The number of aromatic nitrogens is 1. The molecule has 0 saturated carbocycles. The zero-order valence-corrected chi connectivity index (χ0v) is 21.3. The molecule has 4 rings (SSSR count). The molecule has 1 amide bonds. The number of carbonyl (C=O) groups is 2. The molecule has 1 atom stereocenters. The molecule has 2 aliphatic heterocycles. The van der Waals surface area contributed by atoms with Crippen molar-refractivity contribution in [3.63, 3.8) is 0 Å². The number of benzene rings is 1. The highest BCUT2D eigenvalue weighted by Gasteiger charge is 2.35. The molecule has 0 spiro atoms. The van der Waals surface area contributed by atoms with Crippen LogP contribution >= 0.6 is 24.0 Å². The van der Waals surface area contributed by atoms with Crippen LogP contribution in [-0.4, -0.2) is 56.9 Å². The Morgan fingerprint density at radius 1 is 1.36 bits per heavy atom. The van der Waals surface area contributed by atoms with E-state index in [0.29, 0.717) is 23.7 Å². The number of ether oxygens (including phenoxy) is 2. The molecule has 0 bridgehead atoms. The second kappa shape index (κ2) is 10.7. The van der Waals surface area contributed by atoms with Crippen LogP contribution < -0.4 is 10.3 Å². The molecule has 36 heavy (non-hydrogen) atoms. The van der Waals surface area contributed by atoms with Crippen molar-refractivity contribution in [2.45, 2.75) is 32.4 Å². The summed E-state index contributed by atoms with van der Waals surface area (Å²) in [6.45, 7) is 1.55. The number of aromatic hydroxyl groups is 1. The molecule has 2 aliphatic rings. The van der Waals surface area contributed by atoms with Crippen LogP contribution in [0.5, 0.6) is 11.6 Å². The molecule has 1 unspecified atom stereocenters. The highest BCUT2D eigenvalue weighted by atomic mass is 32.2. The summed E-state index contributed by atoms with van der Waals surface area (Å²) < 4.78 is 11.9. The quantitative estimate of drug-likeness (QED) is 0.330. The molecule has 1 aromatic carbocycles. The molecule has 0 aliphatic carbocycles. The van der Waals surface area contributed by atoms with Gasteiger partial charge in [-0.3, -0.25) is 23.9 Å². The number of carbonyl (C=O) groups excluding carboxylic acids is 2. The average molecular weight is 526 g/mol. The van der Waals surface area contributed by atoms with E-state index in [4.69, 9.17) is 21.7 Å². The standard InChI is InChI=1S/C25H23N3O6S2/c1-14-18(11-26)22(30)27(12-17-4-3-9-34-17)24(32)21(14)19(29)13-28-23(31)20(36-25(28)35)10-15-5-7-16(33-2)8-6-15/h5-8,10,17,32H,3-4,9,12-13H2,1-2H3/b20-10-. The normalized spacial score (nSPS) is 18.6. The van der Waals surface area contributed by atoms with E-state index in [-0.39, 0.29) is 33.7 Å². The minimum absolute atomic E-state index is 0.0194. The lowest BCUT2D eigenvalue weighted by molar-refractivity contribution is -0.121. The Balaban J connectivity index is 1.62. The van der Waals surface area contributed by atoms with Gasteiger partial charge < -0.3 is 14.6 Å². The van der Waals surface area contributed by atoms with Crippen LogP contribution in [0.4, 0.5) is 0 Å². The molecule has 2 saturated heterocycles. The summed E-state index contributed by atoms with van der Waals surface area (Å²) in [4.78, 5) is 40.7. The third kappa shape index (κ3) is 4.93. The lowest BCUT2D eigenvalue weighted by atomic mass is 10.0. The lowest BCUT2D eigenvalue weighted by Gasteiger charge is -2.19. The molecule has 9 nitrogen and oxygen atoms in total. The van der Waals surface area contributed by atoms with Crippen LogP contribution in [0.1, 0.15) is 39.9 Å². The van der Waals surface area contributed by atoms with Crippen molar-refractivity contribution >= 4 is 46.1 Å². The zero-order chi connectivity index (χ0) is 26.0. The van der Waals surface area contributed by atoms with Crippen molar-refractivity contribution in [1.82, 2.24) is 9.47 Å². The molecule has 2 aromatic rings. The van der Waals surface area contributed by atoms with Crippen molar-refractivity contribution in [2.24, 2.45) is 0 Å². The van der Waals surface area contributed by atoms with Crippen molar-refractivity contribution in [1.29, 1.82) is 5.26 Å². The van der Waals surface area contributed by atoms with E-state index in [1.807, 2.05) is 6.07 Å². The first-order chi connectivity index (χ1) is 17.2. The van der Waals surface area contributed by atoms with Gasteiger partial charge in [0.25, 0.3) is 11.5 Å². The molecule has 2 fully saturated rings. The number of thiocarbonyl (C=S) groups is 1. The summed E-state index contributed by atoms with van der Waals surface area (Å²) in [5.41, 5.74) is -0.285. The van der Waals surface area contributed by atoms with Crippen molar-refractivity contribution < 1.29 is 24.2 Å². The molecule has 11 heteroatoms. The number of nitriles is 1. The first-order valence-corrected chi connectivity index (χ1v) is 12.4. The fraction of sp³-hybridized carbons (Fsp3) is 0.320. The number of pyridine rings is 1. The van der Waals surface area contributed by atoms with Crippen LogP contribution in [0.15, 0.2) is 34.0 Å². The van der Waals surface area contributed by atoms with Crippen LogP contribution in [0.25, 0.3) is 6.08 Å². The molecule has 1 aromatic heterocycles. The second-order valence-corrected chi connectivity index (χ2v) is 10.0. The number of thioether (sulfide) groups is 1. The monoisotopic (exact) mass is 525 g/mol. The highest BCUT2D eigenvalue weighted by Crippen LogP contribution is 2.34. The largest absolute Gasteiger partial charge is 0.497 e. The van der Waals surface area contributed by atoms with Gasteiger partial charge in [-0.2, -0.15) is 5.26 Å². The number of amides is 1. The molecular formula is C25H23N3O6S2. The zero-order valence-electron chi connectivity index (χ0n) is 19.6. The van der Waals surface area contributed by atoms with Gasteiger partial charge in [0, 0.05) is 6.61 Å². The van der Waals surface area contributed by atoms with Gasteiger partial charge in [-0.1, -0.05) is 36.1 Å². The summed E-state index contributed by atoms with van der Waals surface area (Å²) in [6.07, 6.45) is 2.88. The highest BCUT2D eigenvalue weighted by molar-refractivity contribution is 8.26. The van der Waals surface area contributed by atoms with E-state index in [9.17, 15) is 24.8 Å². The summed E-state index contributed by atoms with van der Waals surface area (Å²) in [5.74, 6) is -0.946. The minimum Gasteiger partial charge on any atom is -0.497 e. The van der Waals surface area contributed by atoms with Gasteiger partial charge in [0.1, 0.15) is 21.7 Å². The van der Waals surface area contributed by atoms with Gasteiger partial charge in [0.2, 0.25) is 5.88 Å². The fourth-order valence-electron chi connectivity index (χ4n) is 4.16. The third-order valence-corrected chi connectivity index (χ3v) is 7.46. The Bertz CT molecular complexity index is 1370. The Hall–Kier alpha value is -3.46. The minimum atomic E-state index is -0.687. The van der Waals surface area contributed by atoms with Gasteiger partial charge in [0.05, 0.1) is 36.8 Å². The molecule has 0 radical (unpaired) electrons. The number of nitrogens with zero attached hydrogens (tertiary/aromatic N) is 3. The maximum Gasteiger partial charge on any atom is 0.271 e. The van der Waals surface area contributed by atoms with Gasteiger partial charge in [-0.15, -0.1) is 0 Å². The third-order valence-electron chi connectivity index (χ3n) is 6.08. The predicted octanol–water partition coefficient (Wildman–Crippen LogP) is 3.01. The smallest absolute Gasteiger partial charge is 0.271 e. The van der Waals surface area contributed by atoms with E-state index in [2.05, 4.69) is 0 Å². The van der Waals surface area contributed by atoms with Gasteiger partial charge in [-0.05, 0) is 49.1 Å². The van der Waals surface area contributed by atoms with Crippen molar-refractivity contribution in [2.75, 3.05) is 20.3 Å². The van der Waals surface area contributed by atoms with Crippen molar-refractivity contribution in [3.8, 4) is 17.7 Å². The van der Waals surface area contributed by atoms with Crippen LogP contribution in [0.3, 0.4) is 0 Å². The van der Waals surface area contributed by atoms with Gasteiger partial charge in [-0.25, -0.2) is 0 Å². The number of hydrogen-bond acceptors (Lipinski definition) is 9. The molecular weight excluding hydrogens is 502 g/mol.